The van der Waals surface area contributed by atoms with Crippen LogP contribution in [0.5, 0.6) is 0 Å². The summed E-state index contributed by atoms with van der Waals surface area (Å²) in [6.07, 6.45) is 4.06. The second kappa shape index (κ2) is 26.3. The number of carbonyl (C=O) groups excluding carboxylic acids is 4. The zero-order chi connectivity index (χ0) is 33.2. The standard InChI is InChI=1S/C21H29N5O6.C6H15N.2C2H6/c1-5-10-22-26(13(4)27)18(7-3)20(29)23-15(6-2)19(28)12-31-21(30)14-8-9-16-17(11-14)25-32-24-16;1-3-5-6-7-4-2;2*1-2/h8-9,11,15,18,22H,5-7,10,12H2,1-4H3,(H,23,29);7H,3-6H2,1-2H3;2*1-2H3. The third-order valence-corrected chi connectivity index (χ3v) is 5.78. The zero-order valence-corrected chi connectivity index (χ0v) is 28.0. The Morgan fingerprint density at radius 2 is 1.56 bits per heavy atom. The number of hydrogen-bond acceptors (Lipinski definition) is 10. The number of unbranched alkanes of at least 4 members (excludes halogenated alkanes) is 1. The number of ether oxygens (including phenoxy) is 1. The largest absolute Gasteiger partial charge is 0.454 e. The number of rotatable bonds is 16. The summed E-state index contributed by atoms with van der Waals surface area (Å²) in [5.74, 6) is -1.92. The fourth-order valence-corrected chi connectivity index (χ4v) is 3.54. The van der Waals surface area contributed by atoms with Gasteiger partial charge in [0.2, 0.25) is 11.8 Å². The van der Waals surface area contributed by atoms with Crippen LogP contribution in [0, 0.1) is 0 Å². The minimum absolute atomic E-state index is 0.197. The van der Waals surface area contributed by atoms with Crippen molar-refractivity contribution in [1.82, 2.24) is 31.4 Å². The van der Waals surface area contributed by atoms with E-state index in [0.717, 1.165) is 13.0 Å². The van der Waals surface area contributed by atoms with Crippen LogP contribution in [0.2, 0.25) is 0 Å². The van der Waals surface area contributed by atoms with Crippen molar-refractivity contribution in [3.63, 3.8) is 0 Å². The van der Waals surface area contributed by atoms with Crippen LogP contribution in [-0.4, -0.2) is 77.2 Å². The molecule has 12 nitrogen and oxygen atoms in total. The Hall–Kier alpha value is -3.38. The van der Waals surface area contributed by atoms with Crippen LogP contribution >= 0.6 is 0 Å². The predicted molar refractivity (Wildman–Crippen MR) is 170 cm³/mol. The van der Waals surface area contributed by atoms with E-state index in [4.69, 9.17) is 4.74 Å². The highest BCUT2D eigenvalue weighted by molar-refractivity contribution is 5.96. The van der Waals surface area contributed by atoms with E-state index in [0.29, 0.717) is 30.4 Å². The van der Waals surface area contributed by atoms with E-state index in [1.54, 1.807) is 19.9 Å². The summed E-state index contributed by atoms with van der Waals surface area (Å²) in [5.41, 5.74) is 4.02. The van der Waals surface area contributed by atoms with Crippen molar-refractivity contribution < 1.29 is 28.5 Å². The molecule has 2 rings (SSSR count). The Morgan fingerprint density at radius 1 is 0.907 bits per heavy atom. The van der Waals surface area contributed by atoms with Gasteiger partial charge in [0.1, 0.15) is 17.1 Å². The van der Waals surface area contributed by atoms with Gasteiger partial charge in [0.15, 0.2) is 12.4 Å². The van der Waals surface area contributed by atoms with Gasteiger partial charge in [0, 0.05) is 13.5 Å². The van der Waals surface area contributed by atoms with E-state index in [1.165, 1.54) is 43.5 Å². The van der Waals surface area contributed by atoms with E-state index >= 15 is 0 Å². The first-order valence-corrected chi connectivity index (χ1v) is 15.7. The monoisotopic (exact) mass is 608 g/mol. The van der Waals surface area contributed by atoms with Gasteiger partial charge < -0.3 is 15.4 Å². The number of fused-ring (bicyclic) bond motifs is 1. The molecule has 0 bridgehead atoms. The summed E-state index contributed by atoms with van der Waals surface area (Å²) in [6.45, 7) is 21.5. The van der Waals surface area contributed by atoms with E-state index in [1.807, 2.05) is 34.6 Å². The number of hydrazine groups is 1. The minimum Gasteiger partial charge on any atom is -0.454 e. The molecule has 246 valence electrons. The van der Waals surface area contributed by atoms with Crippen LogP contribution in [0.25, 0.3) is 11.0 Å². The van der Waals surface area contributed by atoms with E-state index in [-0.39, 0.29) is 11.5 Å². The average Bonchev–Trinajstić information content (AvgIpc) is 3.51. The lowest BCUT2D eigenvalue weighted by Gasteiger charge is -2.30. The van der Waals surface area contributed by atoms with Crippen molar-refractivity contribution >= 4 is 34.6 Å². The molecule has 2 amide bonds. The molecule has 0 aliphatic carbocycles. The molecular weight excluding hydrogens is 552 g/mol. The number of aromatic nitrogens is 2. The van der Waals surface area contributed by atoms with Crippen LogP contribution in [0.4, 0.5) is 0 Å². The molecule has 12 heteroatoms. The molecule has 3 N–H and O–H groups in total. The van der Waals surface area contributed by atoms with Crippen molar-refractivity contribution in [1.29, 1.82) is 0 Å². The number of Topliss-reactive ketones (excluding diaryl/α,β-unsaturated/α-hetero) is 1. The molecule has 2 atom stereocenters. The fourth-order valence-electron chi connectivity index (χ4n) is 3.54. The topological polar surface area (TPSA) is 156 Å². The number of nitrogens with zero attached hydrogens (tertiary/aromatic N) is 3. The zero-order valence-electron chi connectivity index (χ0n) is 28.0. The number of benzene rings is 1. The Balaban J connectivity index is 0. The smallest absolute Gasteiger partial charge is 0.338 e. The van der Waals surface area contributed by atoms with Gasteiger partial charge in [-0.1, -0.05) is 68.7 Å². The molecule has 2 aromatic rings. The summed E-state index contributed by atoms with van der Waals surface area (Å²) in [7, 11) is 0. The first-order chi connectivity index (χ1) is 20.7. The summed E-state index contributed by atoms with van der Waals surface area (Å²) >= 11 is 0. The first kappa shape index (κ1) is 41.8. The van der Waals surface area contributed by atoms with Gasteiger partial charge in [0.25, 0.3) is 0 Å². The van der Waals surface area contributed by atoms with Gasteiger partial charge in [-0.25, -0.2) is 14.8 Å². The van der Waals surface area contributed by atoms with Crippen LogP contribution in [0.15, 0.2) is 22.8 Å². The van der Waals surface area contributed by atoms with Crippen molar-refractivity contribution in [2.75, 3.05) is 26.2 Å². The lowest BCUT2D eigenvalue weighted by atomic mass is 10.1. The highest BCUT2D eigenvalue weighted by Crippen LogP contribution is 2.13. The molecule has 1 aromatic heterocycles. The van der Waals surface area contributed by atoms with Gasteiger partial charge in [-0.2, -0.15) is 0 Å². The third-order valence-electron chi connectivity index (χ3n) is 5.78. The molecule has 0 fully saturated rings. The lowest BCUT2D eigenvalue weighted by molar-refractivity contribution is -0.143. The Labute approximate surface area is 258 Å². The normalized spacial score (nSPS) is 11.3. The quantitative estimate of drug-likeness (QED) is 0.137. The minimum atomic E-state index is -0.855. The molecule has 0 saturated heterocycles. The van der Waals surface area contributed by atoms with Crippen molar-refractivity contribution in [3.8, 4) is 0 Å². The maximum absolute atomic E-state index is 12.8. The molecule has 0 aliphatic heterocycles. The molecule has 2 unspecified atom stereocenters. The maximum Gasteiger partial charge on any atom is 0.338 e. The average molecular weight is 609 g/mol. The van der Waals surface area contributed by atoms with E-state index in [2.05, 4.69) is 44.8 Å². The van der Waals surface area contributed by atoms with Crippen LogP contribution in [0.3, 0.4) is 0 Å². The Morgan fingerprint density at radius 3 is 2.09 bits per heavy atom. The number of carbonyl (C=O) groups is 4. The summed E-state index contributed by atoms with van der Waals surface area (Å²) in [4.78, 5) is 49.6. The number of ketones is 1. The van der Waals surface area contributed by atoms with Gasteiger partial charge in [-0.05, 0) is 67.3 Å². The Bertz CT molecular complexity index is 1040. The van der Waals surface area contributed by atoms with Crippen LogP contribution < -0.4 is 16.1 Å². The maximum atomic E-state index is 12.8. The van der Waals surface area contributed by atoms with E-state index < -0.39 is 36.4 Å². The van der Waals surface area contributed by atoms with Crippen molar-refractivity contribution in [3.05, 3.63) is 23.8 Å². The summed E-state index contributed by atoms with van der Waals surface area (Å²) in [6, 6.07) is 2.86. The lowest BCUT2D eigenvalue weighted by Crippen LogP contribution is -2.57. The second-order valence-electron chi connectivity index (χ2n) is 8.91. The number of nitrogens with one attached hydrogen (secondary N) is 3. The number of hydrogen-bond donors (Lipinski definition) is 3. The van der Waals surface area contributed by atoms with Crippen molar-refractivity contribution in [2.24, 2.45) is 0 Å². The highest BCUT2D eigenvalue weighted by Gasteiger charge is 2.29. The fraction of sp³-hybridized carbons (Fsp3) is 0.677. The summed E-state index contributed by atoms with van der Waals surface area (Å²) < 4.78 is 9.70. The van der Waals surface area contributed by atoms with Crippen molar-refractivity contribution in [2.45, 2.75) is 113 Å². The number of amides is 2. The second-order valence-corrected chi connectivity index (χ2v) is 8.91. The van der Waals surface area contributed by atoms with Gasteiger partial charge >= 0.3 is 5.97 Å². The number of esters is 1. The molecule has 43 heavy (non-hydrogen) atoms. The molecule has 0 aliphatic rings. The third kappa shape index (κ3) is 16.2. The van der Waals surface area contributed by atoms with Gasteiger partial charge in [0.05, 0.1) is 11.6 Å². The molecule has 0 saturated carbocycles. The molecule has 0 spiro atoms. The Kier molecular flexibility index (Phi) is 25.5. The summed E-state index contributed by atoms with van der Waals surface area (Å²) in [5, 5.41) is 14.5. The molecule has 0 radical (unpaired) electrons. The molecule has 1 heterocycles. The van der Waals surface area contributed by atoms with Crippen LogP contribution in [0.1, 0.15) is 112 Å². The SMILES string of the molecule is CC.CC.CCCCNCC.CCCNN(C(C)=O)C(CC)C(=O)NC(CC)C(=O)COC(=O)c1ccc2nonc2c1. The predicted octanol–water partition coefficient (Wildman–Crippen LogP) is 4.83. The highest BCUT2D eigenvalue weighted by atomic mass is 16.6. The van der Waals surface area contributed by atoms with Gasteiger partial charge in [-0.15, -0.1) is 0 Å². The molecular formula is C31H56N6O6. The van der Waals surface area contributed by atoms with E-state index in [9.17, 15) is 19.2 Å². The van der Waals surface area contributed by atoms with Crippen LogP contribution in [-0.2, 0) is 19.1 Å². The first-order valence-electron chi connectivity index (χ1n) is 15.7. The molecule has 1 aromatic carbocycles. The van der Waals surface area contributed by atoms with Gasteiger partial charge in [-0.3, -0.25) is 19.4 Å².